The summed E-state index contributed by atoms with van der Waals surface area (Å²) >= 11 is 5.80. The Morgan fingerprint density at radius 3 is 3.00 bits per heavy atom. The van der Waals surface area contributed by atoms with Crippen LogP contribution in [0.25, 0.3) is 6.08 Å². The molecule has 11 heavy (non-hydrogen) atoms. The second kappa shape index (κ2) is 2.36. The lowest BCUT2D eigenvalue weighted by Gasteiger charge is -2.03. The normalized spacial score (nSPS) is 20.4. The van der Waals surface area contributed by atoms with Gasteiger partial charge in [-0.1, -0.05) is 29.8 Å². The fraction of sp³-hybridized carbons (Fsp3) is 0.111. The zero-order valence-corrected chi connectivity index (χ0v) is 6.68. The van der Waals surface area contributed by atoms with Gasteiger partial charge in [-0.25, -0.2) is 0 Å². The Morgan fingerprint density at radius 2 is 2.18 bits per heavy atom. The van der Waals surface area contributed by atoms with Crippen molar-refractivity contribution in [1.29, 1.82) is 0 Å². The first-order valence-corrected chi connectivity index (χ1v) is 3.88. The number of rotatable bonds is 0. The molecule has 56 valence electrons. The van der Waals surface area contributed by atoms with Crippen molar-refractivity contribution < 1.29 is 0 Å². The number of nitrogens with two attached hydrogens (primary N) is 1. The van der Waals surface area contributed by atoms with Crippen LogP contribution in [0.5, 0.6) is 0 Å². The summed E-state index contributed by atoms with van der Waals surface area (Å²) in [5.74, 6) is 0. The predicted octanol–water partition coefficient (Wildman–Crippen LogP) is 2.37. The second-order valence-corrected chi connectivity index (χ2v) is 3.09. The van der Waals surface area contributed by atoms with Gasteiger partial charge in [-0.3, -0.25) is 0 Å². The average Bonchev–Trinajstić information content (AvgIpc) is 2.32. The number of hydrogen-bond acceptors (Lipinski definition) is 1. The van der Waals surface area contributed by atoms with Crippen LogP contribution < -0.4 is 5.73 Å². The molecule has 0 heterocycles. The van der Waals surface area contributed by atoms with Crippen LogP contribution in [0.4, 0.5) is 0 Å². The molecule has 0 fully saturated rings. The van der Waals surface area contributed by atoms with E-state index in [0.717, 1.165) is 16.1 Å². The topological polar surface area (TPSA) is 26.0 Å². The van der Waals surface area contributed by atoms with Gasteiger partial charge >= 0.3 is 0 Å². The molecular formula is C9H8ClN. The van der Waals surface area contributed by atoms with Crippen molar-refractivity contribution in [2.45, 2.75) is 6.04 Å². The fourth-order valence-electron chi connectivity index (χ4n) is 1.30. The maximum Gasteiger partial charge on any atom is 0.0490 e. The Hall–Kier alpha value is -0.790. The Labute approximate surface area is 70.5 Å². The lowest BCUT2D eigenvalue weighted by molar-refractivity contribution is 0.931. The highest BCUT2D eigenvalue weighted by Gasteiger charge is 2.12. The molecule has 1 aromatic carbocycles. The largest absolute Gasteiger partial charge is 0.321 e. The van der Waals surface area contributed by atoms with E-state index < -0.39 is 0 Å². The van der Waals surface area contributed by atoms with Gasteiger partial charge in [-0.2, -0.15) is 0 Å². The molecule has 1 aliphatic rings. The van der Waals surface area contributed by atoms with E-state index in [2.05, 4.69) is 0 Å². The van der Waals surface area contributed by atoms with Gasteiger partial charge in [0.25, 0.3) is 0 Å². The van der Waals surface area contributed by atoms with Crippen LogP contribution >= 0.6 is 11.6 Å². The van der Waals surface area contributed by atoms with Crippen molar-refractivity contribution >= 4 is 17.7 Å². The maximum atomic E-state index is 5.80. The van der Waals surface area contributed by atoms with Gasteiger partial charge in [0.15, 0.2) is 0 Å². The van der Waals surface area contributed by atoms with Gasteiger partial charge in [-0.15, -0.1) is 0 Å². The van der Waals surface area contributed by atoms with E-state index in [1.165, 1.54) is 0 Å². The molecule has 0 saturated carbocycles. The Bertz CT molecular complexity index is 317. The minimum absolute atomic E-state index is 0.0577. The van der Waals surface area contributed by atoms with Crippen LogP contribution in [0, 0.1) is 0 Å². The van der Waals surface area contributed by atoms with Gasteiger partial charge in [0.1, 0.15) is 0 Å². The van der Waals surface area contributed by atoms with Crippen molar-refractivity contribution in [2.75, 3.05) is 0 Å². The van der Waals surface area contributed by atoms with E-state index in [4.69, 9.17) is 17.3 Å². The number of hydrogen-bond donors (Lipinski definition) is 1. The van der Waals surface area contributed by atoms with Crippen LogP contribution in [-0.2, 0) is 0 Å². The molecule has 0 amide bonds. The average molecular weight is 166 g/mol. The van der Waals surface area contributed by atoms with E-state index in [-0.39, 0.29) is 6.04 Å². The third-order valence-corrected chi connectivity index (χ3v) is 2.13. The van der Waals surface area contributed by atoms with Crippen LogP contribution in [0.2, 0.25) is 5.02 Å². The highest BCUT2D eigenvalue weighted by atomic mass is 35.5. The third kappa shape index (κ3) is 1.06. The van der Waals surface area contributed by atoms with Crippen molar-refractivity contribution in [2.24, 2.45) is 5.73 Å². The molecule has 0 spiro atoms. The summed E-state index contributed by atoms with van der Waals surface area (Å²) in [4.78, 5) is 0. The first-order valence-electron chi connectivity index (χ1n) is 3.50. The molecule has 2 heteroatoms. The quantitative estimate of drug-likeness (QED) is 0.628. The van der Waals surface area contributed by atoms with Gasteiger partial charge in [-0.05, 0) is 23.3 Å². The first-order chi connectivity index (χ1) is 5.27. The molecule has 0 radical (unpaired) electrons. The predicted molar refractivity (Wildman–Crippen MR) is 47.4 cm³/mol. The number of fused-ring (bicyclic) bond motifs is 1. The minimum Gasteiger partial charge on any atom is -0.321 e. The summed E-state index contributed by atoms with van der Waals surface area (Å²) in [6.45, 7) is 0. The summed E-state index contributed by atoms with van der Waals surface area (Å²) in [6.07, 6.45) is 3.98. The Balaban J connectivity index is 2.58. The van der Waals surface area contributed by atoms with Gasteiger partial charge in [0, 0.05) is 11.1 Å². The fourth-order valence-corrected chi connectivity index (χ4v) is 1.49. The molecule has 1 atom stereocenters. The number of benzene rings is 1. The molecule has 1 aromatic rings. The molecule has 0 aromatic heterocycles. The molecule has 2 rings (SSSR count). The van der Waals surface area contributed by atoms with E-state index in [1.807, 2.05) is 30.4 Å². The molecule has 0 bridgehead atoms. The molecule has 1 aliphatic carbocycles. The summed E-state index contributed by atoms with van der Waals surface area (Å²) in [6, 6.07) is 5.83. The van der Waals surface area contributed by atoms with Crippen molar-refractivity contribution in [3.63, 3.8) is 0 Å². The van der Waals surface area contributed by atoms with Crippen LogP contribution in [0.3, 0.4) is 0 Å². The summed E-state index contributed by atoms with van der Waals surface area (Å²) in [5.41, 5.74) is 8.07. The van der Waals surface area contributed by atoms with E-state index >= 15 is 0 Å². The maximum absolute atomic E-state index is 5.80. The highest BCUT2D eigenvalue weighted by molar-refractivity contribution is 6.30. The molecule has 0 saturated heterocycles. The molecular weight excluding hydrogens is 158 g/mol. The smallest absolute Gasteiger partial charge is 0.0490 e. The molecule has 1 unspecified atom stereocenters. The minimum atomic E-state index is 0.0577. The third-order valence-electron chi connectivity index (χ3n) is 1.89. The van der Waals surface area contributed by atoms with Crippen molar-refractivity contribution in [3.8, 4) is 0 Å². The summed E-state index contributed by atoms with van der Waals surface area (Å²) < 4.78 is 0. The molecule has 1 nitrogen and oxygen atoms in total. The lowest BCUT2D eigenvalue weighted by atomic mass is 10.1. The Kier molecular flexibility index (Phi) is 1.48. The van der Waals surface area contributed by atoms with Gasteiger partial charge in [0.05, 0.1) is 0 Å². The van der Waals surface area contributed by atoms with Crippen molar-refractivity contribution in [3.05, 3.63) is 40.4 Å². The van der Waals surface area contributed by atoms with E-state index in [1.54, 1.807) is 0 Å². The Morgan fingerprint density at radius 1 is 1.36 bits per heavy atom. The van der Waals surface area contributed by atoms with Gasteiger partial charge in [0.2, 0.25) is 0 Å². The summed E-state index contributed by atoms with van der Waals surface area (Å²) in [5, 5.41) is 0.766. The monoisotopic (exact) mass is 165 g/mol. The molecule has 2 N–H and O–H groups in total. The van der Waals surface area contributed by atoms with Crippen LogP contribution in [-0.4, -0.2) is 0 Å². The zero-order chi connectivity index (χ0) is 7.84. The number of halogens is 1. The van der Waals surface area contributed by atoms with E-state index in [0.29, 0.717) is 0 Å². The van der Waals surface area contributed by atoms with Crippen LogP contribution in [0.15, 0.2) is 24.3 Å². The lowest BCUT2D eigenvalue weighted by Crippen LogP contribution is -2.03. The van der Waals surface area contributed by atoms with E-state index in [9.17, 15) is 0 Å². The van der Waals surface area contributed by atoms with Crippen LogP contribution in [0.1, 0.15) is 17.2 Å². The first kappa shape index (κ1) is 6.89. The summed E-state index contributed by atoms with van der Waals surface area (Å²) in [7, 11) is 0. The van der Waals surface area contributed by atoms with Crippen molar-refractivity contribution in [1.82, 2.24) is 0 Å². The van der Waals surface area contributed by atoms with Gasteiger partial charge < -0.3 is 5.73 Å². The zero-order valence-electron chi connectivity index (χ0n) is 5.92. The highest BCUT2D eigenvalue weighted by Crippen LogP contribution is 2.28. The standard InChI is InChI=1S/C9H8ClN/c10-7-2-3-8-6(5-7)1-4-9(8)11/h1-5,9H,11H2. The second-order valence-electron chi connectivity index (χ2n) is 2.66. The molecule has 0 aliphatic heterocycles. The SMILES string of the molecule is NC1C=Cc2cc(Cl)ccc21.